The second-order valence-electron chi connectivity index (χ2n) is 7.81. The fraction of sp³-hybridized carbons (Fsp3) is 0.292. The first-order valence-electron chi connectivity index (χ1n) is 10.7. The first kappa shape index (κ1) is 21.3. The van der Waals surface area contributed by atoms with Crippen molar-refractivity contribution in [3.05, 3.63) is 47.3 Å². The van der Waals surface area contributed by atoms with Gasteiger partial charge in [0.2, 0.25) is 18.6 Å². The van der Waals surface area contributed by atoms with E-state index in [4.69, 9.17) is 14.2 Å². The molecule has 0 saturated carbocycles. The van der Waals surface area contributed by atoms with E-state index >= 15 is 0 Å². The average molecular weight is 466 g/mol. The van der Waals surface area contributed by atoms with Gasteiger partial charge in [0.25, 0.3) is 0 Å². The third-order valence-corrected chi connectivity index (χ3v) is 6.52. The van der Waals surface area contributed by atoms with Crippen molar-refractivity contribution in [2.45, 2.75) is 20.3 Å². The molecule has 8 nitrogen and oxygen atoms in total. The number of thiazole rings is 1. The number of amides is 2. The molecule has 2 aliphatic heterocycles. The summed E-state index contributed by atoms with van der Waals surface area (Å²) in [5, 5.41) is 3.42. The Morgan fingerprint density at radius 2 is 2.00 bits per heavy atom. The summed E-state index contributed by atoms with van der Waals surface area (Å²) in [4.78, 5) is 32.8. The van der Waals surface area contributed by atoms with Gasteiger partial charge in [-0.2, -0.15) is 0 Å². The van der Waals surface area contributed by atoms with E-state index in [1.165, 1.54) is 11.3 Å². The van der Waals surface area contributed by atoms with Crippen LogP contribution < -0.4 is 24.4 Å². The van der Waals surface area contributed by atoms with Crippen LogP contribution >= 0.6 is 11.3 Å². The maximum absolute atomic E-state index is 12.9. The Kier molecular flexibility index (Phi) is 5.63. The monoisotopic (exact) mass is 465 g/mol. The van der Waals surface area contributed by atoms with Crippen LogP contribution in [0.1, 0.15) is 18.2 Å². The number of aromatic nitrogens is 1. The molecule has 0 aliphatic carbocycles. The van der Waals surface area contributed by atoms with Gasteiger partial charge in [-0.05, 0) is 50.2 Å². The molecule has 3 heterocycles. The van der Waals surface area contributed by atoms with Crippen molar-refractivity contribution in [3.63, 3.8) is 0 Å². The van der Waals surface area contributed by atoms with Gasteiger partial charge in [0.15, 0.2) is 16.6 Å². The maximum atomic E-state index is 12.9. The molecule has 2 amide bonds. The van der Waals surface area contributed by atoms with Crippen molar-refractivity contribution >= 4 is 34.0 Å². The maximum Gasteiger partial charge on any atom is 0.231 e. The minimum Gasteiger partial charge on any atom is -0.494 e. The molecular formula is C24H23N3O5S. The van der Waals surface area contributed by atoms with Gasteiger partial charge in [0.05, 0.1) is 18.2 Å². The van der Waals surface area contributed by atoms with E-state index in [0.29, 0.717) is 35.5 Å². The second kappa shape index (κ2) is 8.74. The summed E-state index contributed by atoms with van der Waals surface area (Å²) in [5.74, 6) is 1.30. The van der Waals surface area contributed by atoms with Crippen LogP contribution in [0.15, 0.2) is 42.5 Å². The molecule has 2 aliphatic rings. The fourth-order valence-electron chi connectivity index (χ4n) is 3.99. The summed E-state index contributed by atoms with van der Waals surface area (Å²) in [6.07, 6.45) is 0.149. The zero-order chi connectivity index (χ0) is 22.9. The number of nitrogens with one attached hydrogen (secondary N) is 1. The van der Waals surface area contributed by atoms with Crippen molar-refractivity contribution in [1.82, 2.24) is 4.98 Å². The molecule has 2 aromatic carbocycles. The van der Waals surface area contributed by atoms with Crippen LogP contribution in [-0.2, 0) is 9.59 Å². The predicted octanol–water partition coefficient (Wildman–Crippen LogP) is 4.24. The summed E-state index contributed by atoms with van der Waals surface area (Å²) in [7, 11) is 0. The van der Waals surface area contributed by atoms with Crippen LogP contribution in [0.4, 0.5) is 10.8 Å². The zero-order valence-electron chi connectivity index (χ0n) is 18.3. The molecule has 1 N–H and O–H groups in total. The van der Waals surface area contributed by atoms with Crippen molar-refractivity contribution in [2.24, 2.45) is 5.92 Å². The number of hydrogen-bond donors (Lipinski definition) is 1. The van der Waals surface area contributed by atoms with Crippen molar-refractivity contribution in [2.75, 3.05) is 30.2 Å². The van der Waals surface area contributed by atoms with Crippen LogP contribution in [0.25, 0.3) is 11.3 Å². The molecule has 9 heteroatoms. The van der Waals surface area contributed by atoms with Crippen molar-refractivity contribution in [1.29, 1.82) is 0 Å². The van der Waals surface area contributed by atoms with Gasteiger partial charge in [0, 0.05) is 35.2 Å². The first-order chi connectivity index (χ1) is 16.0. The molecule has 1 saturated heterocycles. The highest BCUT2D eigenvalue weighted by molar-refractivity contribution is 7.16. The largest absolute Gasteiger partial charge is 0.494 e. The van der Waals surface area contributed by atoms with Crippen LogP contribution in [0, 0.1) is 12.8 Å². The van der Waals surface area contributed by atoms with Crippen LogP contribution in [-0.4, -0.2) is 36.7 Å². The minimum atomic E-state index is -0.457. The first-order valence-corrected chi connectivity index (χ1v) is 11.5. The molecule has 33 heavy (non-hydrogen) atoms. The Morgan fingerprint density at radius 1 is 1.21 bits per heavy atom. The Hall–Kier alpha value is -3.59. The van der Waals surface area contributed by atoms with Crippen LogP contribution in [0.5, 0.6) is 17.2 Å². The number of fused-ring (bicyclic) bond motifs is 1. The summed E-state index contributed by atoms with van der Waals surface area (Å²) in [6, 6.07) is 13.1. The SMILES string of the molecule is CCOc1ccc(-c2nc(NC(=O)C3CC(=O)N(c4ccc5c(c4)OCO5)C3)sc2C)cc1. The van der Waals surface area contributed by atoms with Gasteiger partial charge in [-0.1, -0.05) is 0 Å². The Labute approximate surface area is 195 Å². The average Bonchev–Trinajstić information content (AvgIpc) is 3.52. The number of hydrogen-bond acceptors (Lipinski definition) is 7. The summed E-state index contributed by atoms with van der Waals surface area (Å²) >= 11 is 1.42. The molecular weight excluding hydrogens is 442 g/mol. The summed E-state index contributed by atoms with van der Waals surface area (Å²) in [6.45, 7) is 5.00. The standard InChI is InChI=1S/C24H23N3O5S/c1-3-30-18-7-4-15(5-8-18)22-14(2)33-24(25-22)26-23(29)16-10-21(28)27(12-16)17-6-9-19-20(11-17)32-13-31-19/h4-9,11,16H,3,10,12-13H2,1-2H3,(H,25,26,29). The van der Waals surface area contributed by atoms with Gasteiger partial charge in [0.1, 0.15) is 5.75 Å². The molecule has 170 valence electrons. The highest BCUT2D eigenvalue weighted by atomic mass is 32.1. The number of carbonyl (C=O) groups excluding carboxylic acids is 2. The minimum absolute atomic E-state index is 0.0978. The number of aryl methyl sites for hydroxylation is 1. The van der Waals surface area contributed by atoms with Gasteiger partial charge in [-0.15, -0.1) is 11.3 Å². The van der Waals surface area contributed by atoms with E-state index < -0.39 is 5.92 Å². The highest BCUT2D eigenvalue weighted by Gasteiger charge is 2.36. The number of benzene rings is 2. The Bertz CT molecular complexity index is 1210. The molecule has 5 rings (SSSR count). The van der Waals surface area contributed by atoms with E-state index in [0.717, 1.165) is 21.9 Å². The van der Waals surface area contributed by atoms with E-state index in [2.05, 4.69) is 10.3 Å². The van der Waals surface area contributed by atoms with Crippen molar-refractivity contribution in [3.8, 4) is 28.5 Å². The lowest BCUT2D eigenvalue weighted by molar-refractivity contribution is -0.122. The Morgan fingerprint density at radius 3 is 2.79 bits per heavy atom. The summed E-state index contributed by atoms with van der Waals surface area (Å²) in [5.41, 5.74) is 2.47. The molecule has 1 fully saturated rings. The Balaban J connectivity index is 1.26. The lowest BCUT2D eigenvalue weighted by atomic mass is 10.1. The number of nitrogens with zero attached hydrogens (tertiary/aromatic N) is 2. The predicted molar refractivity (Wildman–Crippen MR) is 125 cm³/mol. The third-order valence-electron chi connectivity index (χ3n) is 5.63. The third kappa shape index (κ3) is 4.23. The number of ether oxygens (including phenoxy) is 3. The zero-order valence-corrected chi connectivity index (χ0v) is 19.1. The number of carbonyl (C=O) groups is 2. The molecule has 0 radical (unpaired) electrons. The van der Waals surface area contributed by atoms with Crippen LogP contribution in [0.2, 0.25) is 0 Å². The lowest BCUT2D eigenvalue weighted by Crippen LogP contribution is -2.28. The van der Waals surface area contributed by atoms with Gasteiger partial charge < -0.3 is 24.4 Å². The number of anilines is 2. The van der Waals surface area contributed by atoms with Gasteiger partial charge in [-0.3, -0.25) is 9.59 Å². The number of rotatable bonds is 6. The lowest BCUT2D eigenvalue weighted by Gasteiger charge is -2.17. The molecule has 0 bridgehead atoms. The van der Waals surface area contributed by atoms with E-state index in [-0.39, 0.29) is 25.0 Å². The highest BCUT2D eigenvalue weighted by Crippen LogP contribution is 2.37. The van der Waals surface area contributed by atoms with E-state index in [9.17, 15) is 9.59 Å². The molecule has 1 aromatic heterocycles. The fourth-order valence-corrected chi connectivity index (χ4v) is 4.83. The molecule has 1 unspecified atom stereocenters. The van der Waals surface area contributed by atoms with E-state index in [1.54, 1.807) is 23.1 Å². The quantitative estimate of drug-likeness (QED) is 0.586. The topological polar surface area (TPSA) is 90.0 Å². The van der Waals surface area contributed by atoms with Crippen LogP contribution in [0.3, 0.4) is 0 Å². The normalized spacial score (nSPS) is 16.8. The van der Waals surface area contributed by atoms with Crippen molar-refractivity contribution < 1.29 is 23.8 Å². The second-order valence-corrected chi connectivity index (χ2v) is 9.02. The smallest absolute Gasteiger partial charge is 0.231 e. The van der Waals surface area contributed by atoms with E-state index in [1.807, 2.05) is 38.1 Å². The van der Waals surface area contributed by atoms with Gasteiger partial charge >= 0.3 is 0 Å². The summed E-state index contributed by atoms with van der Waals surface area (Å²) < 4.78 is 16.2. The van der Waals surface area contributed by atoms with Gasteiger partial charge in [-0.25, -0.2) is 4.98 Å². The molecule has 0 spiro atoms. The molecule has 3 aromatic rings. The molecule has 1 atom stereocenters.